The Balaban J connectivity index is 1.44. The molecule has 2 unspecified atom stereocenters. The van der Waals surface area contributed by atoms with E-state index in [0.717, 1.165) is 28.1 Å². The minimum absolute atomic E-state index is 0.105. The molecule has 1 aliphatic heterocycles. The summed E-state index contributed by atoms with van der Waals surface area (Å²) in [7, 11) is 1.62. The Kier molecular flexibility index (Phi) is 7.13. The Bertz CT molecular complexity index is 852. The highest BCUT2D eigenvalue weighted by molar-refractivity contribution is 8.00. The van der Waals surface area contributed by atoms with E-state index in [-0.39, 0.29) is 29.1 Å². The Morgan fingerprint density at radius 1 is 1.10 bits per heavy atom. The number of carbonyl (C=O) groups excluding carboxylic acids is 2. The van der Waals surface area contributed by atoms with Crippen molar-refractivity contribution in [2.75, 3.05) is 18.2 Å². The first-order valence-electron chi connectivity index (χ1n) is 9.37. The van der Waals surface area contributed by atoms with Crippen LogP contribution in [0.4, 0.5) is 5.69 Å². The van der Waals surface area contributed by atoms with Crippen LogP contribution in [0.1, 0.15) is 16.7 Å². The van der Waals surface area contributed by atoms with Crippen LogP contribution < -0.4 is 26.2 Å². The van der Waals surface area contributed by atoms with Gasteiger partial charge < -0.3 is 15.4 Å². The van der Waals surface area contributed by atoms with Gasteiger partial charge in [0.05, 0.1) is 12.9 Å². The number of methoxy groups -OCH3 is 1. The number of benzene rings is 2. The Labute approximate surface area is 174 Å². The fraction of sp³-hybridized carbons (Fsp3) is 0.333. The molecule has 2 aromatic rings. The monoisotopic (exact) mass is 414 g/mol. The second kappa shape index (κ2) is 9.78. The van der Waals surface area contributed by atoms with Crippen LogP contribution in [-0.4, -0.2) is 36.2 Å². The third-order valence-corrected chi connectivity index (χ3v) is 5.46. The first-order valence-corrected chi connectivity index (χ1v) is 10.4. The lowest BCUT2D eigenvalue weighted by Crippen LogP contribution is -2.64. The highest BCUT2D eigenvalue weighted by atomic mass is 32.2. The molecule has 1 aliphatic rings. The van der Waals surface area contributed by atoms with Gasteiger partial charge in [-0.2, -0.15) is 0 Å². The normalized spacial score (nSPS) is 18.8. The van der Waals surface area contributed by atoms with Crippen molar-refractivity contribution < 1.29 is 14.3 Å². The van der Waals surface area contributed by atoms with E-state index in [1.807, 2.05) is 50.2 Å². The van der Waals surface area contributed by atoms with Crippen molar-refractivity contribution >= 4 is 29.3 Å². The van der Waals surface area contributed by atoms with Crippen LogP contribution in [0.15, 0.2) is 42.5 Å². The Morgan fingerprint density at radius 2 is 1.79 bits per heavy atom. The summed E-state index contributed by atoms with van der Waals surface area (Å²) in [6.45, 7) is 3.99. The zero-order valence-corrected chi connectivity index (χ0v) is 17.6. The highest BCUT2D eigenvalue weighted by Gasteiger charge is 2.27. The number of ether oxygens (including phenoxy) is 1. The molecule has 0 aliphatic carbocycles. The third kappa shape index (κ3) is 6.22. The topological polar surface area (TPSA) is 91.5 Å². The summed E-state index contributed by atoms with van der Waals surface area (Å²) in [4.78, 5) is 24.6. The van der Waals surface area contributed by atoms with Crippen LogP contribution in [0.25, 0.3) is 0 Å². The largest absolute Gasteiger partial charge is 0.497 e. The molecule has 0 spiro atoms. The summed E-state index contributed by atoms with van der Waals surface area (Å²) < 4.78 is 5.15. The molecule has 2 aromatic carbocycles. The number of anilines is 1. The molecular formula is C21H26N4O3S. The molecule has 7 nitrogen and oxygen atoms in total. The zero-order valence-electron chi connectivity index (χ0n) is 16.7. The van der Waals surface area contributed by atoms with E-state index in [9.17, 15) is 9.59 Å². The number of aryl methyl sites for hydroxylation is 2. The van der Waals surface area contributed by atoms with Gasteiger partial charge in [-0.25, -0.2) is 10.9 Å². The van der Waals surface area contributed by atoms with E-state index in [1.54, 1.807) is 7.11 Å². The number of carbonyl (C=O) groups is 2. The average molecular weight is 415 g/mol. The van der Waals surface area contributed by atoms with Gasteiger partial charge in [-0.05, 0) is 61.2 Å². The van der Waals surface area contributed by atoms with Crippen molar-refractivity contribution in [3.05, 3.63) is 59.2 Å². The maximum atomic E-state index is 12.4. The molecule has 1 heterocycles. The SMILES string of the molecule is COc1ccc(CC2NNC(SCC(=O)Nc3cc(C)cc(C)c3)NC2=O)cc1. The molecule has 2 atom stereocenters. The third-order valence-electron chi connectivity index (χ3n) is 4.46. The standard InChI is InChI=1S/C21H26N4O3S/c1-13-8-14(2)10-16(9-13)22-19(26)12-29-21-23-20(27)18(24-25-21)11-15-4-6-17(28-3)7-5-15/h4-10,18,21,24-25H,11-12H2,1-3H3,(H,22,26)(H,23,27). The summed E-state index contributed by atoms with van der Waals surface area (Å²) in [5.74, 6) is 0.780. The number of rotatable bonds is 7. The fourth-order valence-corrected chi connectivity index (χ4v) is 3.88. The molecule has 0 bridgehead atoms. The lowest BCUT2D eigenvalue weighted by atomic mass is 10.1. The number of nitrogens with one attached hydrogen (secondary N) is 4. The van der Waals surface area contributed by atoms with Gasteiger partial charge in [0.2, 0.25) is 11.8 Å². The lowest BCUT2D eigenvalue weighted by Gasteiger charge is -2.31. The number of thioether (sulfide) groups is 1. The molecule has 1 saturated heterocycles. The first-order chi connectivity index (χ1) is 13.9. The van der Waals surface area contributed by atoms with Crippen molar-refractivity contribution in [2.45, 2.75) is 31.8 Å². The van der Waals surface area contributed by atoms with Crippen molar-refractivity contribution in [1.29, 1.82) is 0 Å². The fourth-order valence-electron chi connectivity index (χ4n) is 3.14. The summed E-state index contributed by atoms with van der Waals surface area (Å²) in [5.41, 5.74) is 9.73. The van der Waals surface area contributed by atoms with E-state index >= 15 is 0 Å². The Hall–Kier alpha value is -2.55. The summed E-state index contributed by atoms with van der Waals surface area (Å²) in [5, 5.41) is 5.79. The van der Waals surface area contributed by atoms with Gasteiger partial charge >= 0.3 is 0 Å². The average Bonchev–Trinajstić information content (AvgIpc) is 2.68. The molecule has 0 aromatic heterocycles. The molecule has 1 fully saturated rings. The molecule has 4 N–H and O–H groups in total. The second-order valence-electron chi connectivity index (χ2n) is 7.02. The molecule has 8 heteroatoms. The Morgan fingerprint density at radius 3 is 2.41 bits per heavy atom. The maximum Gasteiger partial charge on any atom is 0.240 e. The number of hydrogen-bond acceptors (Lipinski definition) is 6. The van der Waals surface area contributed by atoms with Crippen LogP contribution in [0.5, 0.6) is 5.75 Å². The van der Waals surface area contributed by atoms with E-state index in [1.165, 1.54) is 11.8 Å². The van der Waals surface area contributed by atoms with E-state index in [0.29, 0.717) is 6.42 Å². The van der Waals surface area contributed by atoms with Crippen molar-refractivity contribution in [1.82, 2.24) is 16.2 Å². The lowest BCUT2D eigenvalue weighted by molar-refractivity contribution is -0.125. The summed E-state index contributed by atoms with van der Waals surface area (Å²) in [6.07, 6.45) is 0.549. The molecule has 0 saturated carbocycles. The van der Waals surface area contributed by atoms with Crippen LogP contribution >= 0.6 is 11.8 Å². The van der Waals surface area contributed by atoms with Gasteiger partial charge in [0.15, 0.2) is 0 Å². The molecule has 29 heavy (non-hydrogen) atoms. The predicted molar refractivity (Wildman–Crippen MR) is 116 cm³/mol. The van der Waals surface area contributed by atoms with Gasteiger partial charge in [-0.15, -0.1) is 11.8 Å². The molecule has 0 radical (unpaired) electrons. The van der Waals surface area contributed by atoms with E-state index in [2.05, 4.69) is 27.6 Å². The zero-order chi connectivity index (χ0) is 20.8. The summed E-state index contributed by atoms with van der Waals surface area (Å²) >= 11 is 1.32. The first kappa shape index (κ1) is 21.2. The van der Waals surface area contributed by atoms with E-state index < -0.39 is 0 Å². The van der Waals surface area contributed by atoms with Gasteiger partial charge in [0.1, 0.15) is 17.3 Å². The number of amides is 2. The van der Waals surface area contributed by atoms with Gasteiger partial charge in [-0.3, -0.25) is 9.59 Å². The number of hydrogen-bond donors (Lipinski definition) is 4. The summed E-state index contributed by atoms with van der Waals surface area (Å²) in [6, 6.07) is 13.2. The molecule has 3 rings (SSSR count). The van der Waals surface area contributed by atoms with Crippen LogP contribution in [-0.2, 0) is 16.0 Å². The minimum Gasteiger partial charge on any atom is -0.497 e. The smallest absolute Gasteiger partial charge is 0.240 e. The van der Waals surface area contributed by atoms with Crippen LogP contribution in [0, 0.1) is 13.8 Å². The van der Waals surface area contributed by atoms with Crippen molar-refractivity contribution in [3.63, 3.8) is 0 Å². The van der Waals surface area contributed by atoms with Gasteiger partial charge in [0.25, 0.3) is 0 Å². The van der Waals surface area contributed by atoms with Crippen LogP contribution in [0.3, 0.4) is 0 Å². The predicted octanol–water partition coefficient (Wildman–Crippen LogP) is 2.10. The quantitative estimate of drug-likeness (QED) is 0.555. The molecule has 2 amide bonds. The maximum absolute atomic E-state index is 12.4. The van der Waals surface area contributed by atoms with Crippen molar-refractivity contribution in [2.24, 2.45) is 0 Å². The van der Waals surface area contributed by atoms with Crippen molar-refractivity contribution in [3.8, 4) is 5.75 Å². The van der Waals surface area contributed by atoms with Gasteiger partial charge in [-0.1, -0.05) is 18.2 Å². The molecular weight excluding hydrogens is 388 g/mol. The van der Waals surface area contributed by atoms with E-state index in [4.69, 9.17) is 4.74 Å². The van der Waals surface area contributed by atoms with Crippen LogP contribution in [0.2, 0.25) is 0 Å². The van der Waals surface area contributed by atoms with Gasteiger partial charge in [0, 0.05) is 5.69 Å². The molecule has 154 valence electrons. The minimum atomic E-state index is -0.385. The number of hydrazine groups is 1. The highest BCUT2D eigenvalue weighted by Crippen LogP contribution is 2.16. The second-order valence-corrected chi connectivity index (χ2v) is 8.11.